The van der Waals surface area contributed by atoms with Gasteiger partial charge >= 0.3 is 0 Å². The van der Waals surface area contributed by atoms with Gasteiger partial charge in [0.25, 0.3) is 0 Å². The van der Waals surface area contributed by atoms with Gasteiger partial charge in [0, 0.05) is 42.4 Å². The Labute approximate surface area is 105 Å². The molecule has 5 heteroatoms. The van der Waals surface area contributed by atoms with Crippen molar-refractivity contribution in [1.82, 2.24) is 4.90 Å². The number of hydrogen-bond donors (Lipinski definition) is 2. The molecular formula is C12H17N3OS. The number of hydrogen-bond acceptors (Lipinski definition) is 4. The monoisotopic (exact) mass is 251 g/mol. The Kier molecular flexibility index (Phi) is 3.91. The van der Waals surface area contributed by atoms with Gasteiger partial charge in [-0.25, -0.2) is 0 Å². The molecule has 1 heterocycles. The summed E-state index contributed by atoms with van der Waals surface area (Å²) in [4.78, 5) is 13.4. The van der Waals surface area contributed by atoms with E-state index < -0.39 is 5.91 Å². The van der Waals surface area contributed by atoms with Crippen LogP contribution in [0.15, 0.2) is 18.2 Å². The highest BCUT2D eigenvalue weighted by Crippen LogP contribution is 2.18. The first-order valence-corrected chi connectivity index (χ1v) is 6.80. The molecule has 0 radical (unpaired) electrons. The van der Waals surface area contributed by atoms with Crippen LogP contribution in [-0.4, -0.2) is 35.4 Å². The number of anilines is 1. The topological polar surface area (TPSA) is 72.4 Å². The summed E-state index contributed by atoms with van der Waals surface area (Å²) >= 11 is 1.99. The summed E-state index contributed by atoms with van der Waals surface area (Å²) in [7, 11) is 0. The van der Waals surface area contributed by atoms with Gasteiger partial charge in [-0.2, -0.15) is 11.8 Å². The predicted octanol–water partition coefficient (Wildman–Crippen LogP) is 0.916. The second-order valence-corrected chi connectivity index (χ2v) is 5.39. The van der Waals surface area contributed by atoms with Crippen molar-refractivity contribution in [2.45, 2.75) is 6.54 Å². The van der Waals surface area contributed by atoms with E-state index in [4.69, 9.17) is 11.5 Å². The lowest BCUT2D eigenvalue weighted by Crippen LogP contribution is -2.32. The van der Waals surface area contributed by atoms with Gasteiger partial charge in [0.1, 0.15) is 0 Å². The van der Waals surface area contributed by atoms with Crippen LogP contribution in [0.1, 0.15) is 15.9 Å². The van der Waals surface area contributed by atoms with E-state index in [1.165, 1.54) is 11.5 Å². The Balaban J connectivity index is 2.08. The molecule has 0 atom stereocenters. The van der Waals surface area contributed by atoms with Crippen LogP contribution in [0.25, 0.3) is 0 Å². The van der Waals surface area contributed by atoms with Crippen molar-refractivity contribution in [3.05, 3.63) is 29.3 Å². The molecule has 1 fully saturated rings. The van der Waals surface area contributed by atoms with Crippen LogP contribution in [0.3, 0.4) is 0 Å². The van der Waals surface area contributed by atoms with E-state index in [0.717, 1.165) is 25.2 Å². The maximum Gasteiger partial charge on any atom is 0.248 e. The van der Waals surface area contributed by atoms with Gasteiger partial charge in [-0.15, -0.1) is 0 Å². The quantitative estimate of drug-likeness (QED) is 0.783. The van der Waals surface area contributed by atoms with Crippen LogP contribution in [0.4, 0.5) is 5.69 Å². The average Bonchev–Trinajstić information content (AvgIpc) is 2.33. The summed E-state index contributed by atoms with van der Waals surface area (Å²) in [5.74, 6) is 1.93. The first-order chi connectivity index (χ1) is 8.16. The number of rotatable bonds is 3. The summed E-state index contributed by atoms with van der Waals surface area (Å²) in [5.41, 5.74) is 13.3. The third kappa shape index (κ3) is 3.14. The fourth-order valence-electron chi connectivity index (χ4n) is 1.89. The van der Waals surface area contributed by atoms with Crippen molar-refractivity contribution in [3.63, 3.8) is 0 Å². The predicted molar refractivity (Wildman–Crippen MR) is 72.0 cm³/mol. The van der Waals surface area contributed by atoms with E-state index in [-0.39, 0.29) is 0 Å². The van der Waals surface area contributed by atoms with Gasteiger partial charge in [0.2, 0.25) is 5.91 Å². The maximum absolute atomic E-state index is 11.0. The van der Waals surface area contributed by atoms with E-state index in [9.17, 15) is 4.79 Å². The van der Waals surface area contributed by atoms with E-state index in [0.29, 0.717) is 11.3 Å². The van der Waals surface area contributed by atoms with Crippen LogP contribution >= 0.6 is 11.8 Å². The smallest absolute Gasteiger partial charge is 0.248 e. The highest BCUT2D eigenvalue weighted by Gasteiger charge is 2.12. The maximum atomic E-state index is 11.0. The average molecular weight is 251 g/mol. The van der Waals surface area contributed by atoms with Crippen molar-refractivity contribution >= 4 is 23.4 Å². The molecule has 0 saturated carbocycles. The van der Waals surface area contributed by atoms with Gasteiger partial charge in [0.15, 0.2) is 0 Å². The fourth-order valence-corrected chi connectivity index (χ4v) is 2.87. The molecule has 1 aliphatic rings. The zero-order valence-corrected chi connectivity index (χ0v) is 10.5. The van der Waals surface area contributed by atoms with Crippen LogP contribution in [0, 0.1) is 0 Å². The van der Waals surface area contributed by atoms with Crippen molar-refractivity contribution in [3.8, 4) is 0 Å². The van der Waals surface area contributed by atoms with Gasteiger partial charge in [0.05, 0.1) is 0 Å². The number of amides is 1. The van der Waals surface area contributed by atoms with Gasteiger partial charge in [-0.3, -0.25) is 9.69 Å². The van der Waals surface area contributed by atoms with Crippen LogP contribution in [0.5, 0.6) is 0 Å². The standard InChI is InChI=1S/C12H17N3OS/c13-11-7-9(12(14)16)1-2-10(11)8-15-3-5-17-6-4-15/h1-2,7H,3-6,8,13H2,(H2,14,16). The normalized spacial score (nSPS) is 16.9. The number of thioether (sulfide) groups is 1. The molecule has 2 rings (SSSR count). The second kappa shape index (κ2) is 5.42. The van der Waals surface area contributed by atoms with Gasteiger partial charge in [-0.05, 0) is 17.7 Å². The number of nitrogens with zero attached hydrogens (tertiary/aromatic N) is 1. The molecule has 4 nitrogen and oxygen atoms in total. The molecule has 17 heavy (non-hydrogen) atoms. The largest absolute Gasteiger partial charge is 0.398 e. The Bertz CT molecular complexity index is 416. The molecular weight excluding hydrogens is 234 g/mol. The minimum atomic E-state index is -0.433. The molecule has 1 aliphatic heterocycles. The second-order valence-electron chi connectivity index (χ2n) is 4.17. The Morgan fingerprint density at radius 3 is 2.65 bits per heavy atom. The molecule has 0 spiro atoms. The zero-order valence-electron chi connectivity index (χ0n) is 9.69. The summed E-state index contributed by atoms with van der Waals surface area (Å²) in [6.07, 6.45) is 0. The number of nitrogen functional groups attached to an aromatic ring is 1. The highest BCUT2D eigenvalue weighted by molar-refractivity contribution is 7.99. The minimum Gasteiger partial charge on any atom is -0.398 e. The zero-order chi connectivity index (χ0) is 12.3. The number of benzene rings is 1. The third-order valence-corrected chi connectivity index (χ3v) is 3.87. The molecule has 0 bridgehead atoms. The molecule has 1 saturated heterocycles. The fraction of sp³-hybridized carbons (Fsp3) is 0.417. The lowest BCUT2D eigenvalue weighted by Gasteiger charge is -2.26. The first-order valence-electron chi connectivity index (χ1n) is 5.65. The van der Waals surface area contributed by atoms with Crippen molar-refractivity contribution in [2.75, 3.05) is 30.3 Å². The van der Waals surface area contributed by atoms with E-state index in [1.54, 1.807) is 12.1 Å². The lowest BCUT2D eigenvalue weighted by atomic mass is 10.1. The molecule has 92 valence electrons. The molecule has 0 aliphatic carbocycles. The third-order valence-electron chi connectivity index (χ3n) is 2.93. The molecule has 0 unspecified atom stereocenters. The number of nitrogens with two attached hydrogens (primary N) is 2. The first kappa shape index (κ1) is 12.3. The Morgan fingerprint density at radius 1 is 1.35 bits per heavy atom. The Hall–Kier alpha value is -1.20. The van der Waals surface area contributed by atoms with Crippen molar-refractivity contribution in [1.29, 1.82) is 0 Å². The number of carbonyl (C=O) groups excluding carboxylic acids is 1. The summed E-state index contributed by atoms with van der Waals surface area (Å²) in [6.45, 7) is 3.05. The number of primary amides is 1. The van der Waals surface area contributed by atoms with Crippen molar-refractivity contribution in [2.24, 2.45) is 5.73 Å². The van der Waals surface area contributed by atoms with Gasteiger partial charge < -0.3 is 11.5 Å². The van der Waals surface area contributed by atoms with Gasteiger partial charge in [-0.1, -0.05) is 6.07 Å². The van der Waals surface area contributed by atoms with E-state index in [1.807, 2.05) is 17.8 Å². The van der Waals surface area contributed by atoms with Crippen LogP contribution < -0.4 is 11.5 Å². The van der Waals surface area contributed by atoms with Crippen LogP contribution in [-0.2, 0) is 6.54 Å². The molecule has 0 aromatic heterocycles. The summed E-state index contributed by atoms with van der Waals surface area (Å²) in [5, 5.41) is 0. The van der Waals surface area contributed by atoms with Crippen molar-refractivity contribution < 1.29 is 4.79 Å². The lowest BCUT2D eigenvalue weighted by molar-refractivity contribution is 0.100. The van der Waals surface area contributed by atoms with E-state index >= 15 is 0 Å². The molecule has 1 aromatic carbocycles. The molecule has 4 N–H and O–H groups in total. The Morgan fingerprint density at radius 2 is 2.06 bits per heavy atom. The van der Waals surface area contributed by atoms with Crippen LogP contribution in [0.2, 0.25) is 0 Å². The molecule has 1 aromatic rings. The summed E-state index contributed by atoms with van der Waals surface area (Å²) in [6, 6.07) is 5.31. The minimum absolute atomic E-state index is 0.433. The molecule has 1 amide bonds. The number of carbonyl (C=O) groups is 1. The SMILES string of the molecule is NC(=O)c1ccc(CN2CCSCC2)c(N)c1. The highest BCUT2D eigenvalue weighted by atomic mass is 32.2. The summed E-state index contributed by atoms with van der Waals surface area (Å²) < 4.78 is 0. The van der Waals surface area contributed by atoms with E-state index in [2.05, 4.69) is 4.90 Å².